The number of aliphatic hydroxyl groups is 1. The molecule has 0 radical (unpaired) electrons. The van der Waals surface area contributed by atoms with Crippen molar-refractivity contribution in [2.45, 2.75) is 38.8 Å². The molecule has 1 aromatic carbocycles. The first kappa shape index (κ1) is 16.6. The fourth-order valence-electron chi connectivity index (χ4n) is 3.39. The summed E-state index contributed by atoms with van der Waals surface area (Å²) in [4.78, 5) is 7.00. The fourth-order valence-corrected chi connectivity index (χ4v) is 3.61. The van der Waals surface area contributed by atoms with Crippen LogP contribution in [-0.2, 0) is 13.2 Å². The summed E-state index contributed by atoms with van der Waals surface area (Å²) in [6, 6.07) is 10.5. The summed E-state index contributed by atoms with van der Waals surface area (Å²) in [7, 11) is 0. The number of likely N-dealkylation sites (tertiary alicyclic amines) is 1. The van der Waals surface area contributed by atoms with E-state index in [4.69, 9.17) is 0 Å². The first-order chi connectivity index (χ1) is 11.2. The number of aryl methyl sites for hydroxylation is 1. The van der Waals surface area contributed by atoms with Crippen molar-refractivity contribution in [2.75, 3.05) is 13.1 Å². The van der Waals surface area contributed by atoms with Gasteiger partial charge in [-0.2, -0.15) is 0 Å². The molecular formula is C19H23BrN2O. The van der Waals surface area contributed by atoms with E-state index >= 15 is 0 Å². The summed E-state index contributed by atoms with van der Waals surface area (Å²) in [6.45, 7) is 5.33. The molecule has 4 heteroatoms. The molecule has 1 aliphatic rings. The zero-order chi connectivity index (χ0) is 16.2. The van der Waals surface area contributed by atoms with Crippen molar-refractivity contribution in [3.05, 3.63) is 63.4 Å². The maximum Gasteiger partial charge on any atom is 0.0684 e. The molecule has 23 heavy (non-hydrogen) atoms. The molecule has 3 rings (SSSR count). The summed E-state index contributed by atoms with van der Waals surface area (Å²) in [5.41, 5.74) is 4.78. The second-order valence-corrected chi connectivity index (χ2v) is 7.19. The molecule has 0 bridgehead atoms. The van der Waals surface area contributed by atoms with E-state index in [-0.39, 0.29) is 6.61 Å². The molecule has 2 heterocycles. The minimum Gasteiger partial charge on any atom is -0.392 e. The predicted molar refractivity (Wildman–Crippen MR) is 96.3 cm³/mol. The van der Waals surface area contributed by atoms with Crippen LogP contribution in [0.15, 0.2) is 41.0 Å². The van der Waals surface area contributed by atoms with Gasteiger partial charge in [0, 0.05) is 17.2 Å². The SMILES string of the molecule is Cc1cc(CN2CCC(c3ccccc3CO)CC2)ncc1Br. The Bertz CT molecular complexity index is 666. The smallest absolute Gasteiger partial charge is 0.0684 e. The van der Waals surface area contributed by atoms with Gasteiger partial charge in [-0.25, -0.2) is 0 Å². The van der Waals surface area contributed by atoms with Crippen LogP contribution in [-0.4, -0.2) is 28.1 Å². The Labute approximate surface area is 146 Å². The highest BCUT2D eigenvalue weighted by Gasteiger charge is 2.22. The van der Waals surface area contributed by atoms with Gasteiger partial charge in [-0.05, 0) is 77.5 Å². The Kier molecular flexibility index (Phi) is 5.46. The molecule has 122 valence electrons. The second-order valence-electron chi connectivity index (χ2n) is 6.33. The molecule has 1 N–H and O–H groups in total. The van der Waals surface area contributed by atoms with Crippen LogP contribution >= 0.6 is 15.9 Å². The molecule has 0 atom stereocenters. The number of aromatic nitrogens is 1. The number of nitrogens with zero attached hydrogens (tertiary/aromatic N) is 2. The molecule has 0 saturated carbocycles. The Morgan fingerprint density at radius 3 is 2.70 bits per heavy atom. The van der Waals surface area contributed by atoms with E-state index in [0.29, 0.717) is 5.92 Å². The van der Waals surface area contributed by atoms with Crippen LogP contribution in [0.2, 0.25) is 0 Å². The molecule has 1 saturated heterocycles. The lowest BCUT2D eigenvalue weighted by Crippen LogP contribution is -2.33. The standard InChI is InChI=1S/C19H23BrN2O/c1-14-10-17(21-11-19(14)20)12-22-8-6-15(7-9-22)18-5-3-2-4-16(18)13-23/h2-5,10-11,15,23H,6-9,12-13H2,1H3. The van der Waals surface area contributed by atoms with Crippen molar-refractivity contribution in [1.29, 1.82) is 0 Å². The number of halogens is 1. The highest BCUT2D eigenvalue weighted by atomic mass is 79.9. The predicted octanol–water partition coefficient (Wildman–Crippen LogP) is 4.02. The van der Waals surface area contributed by atoms with Crippen molar-refractivity contribution in [1.82, 2.24) is 9.88 Å². The van der Waals surface area contributed by atoms with E-state index in [9.17, 15) is 5.11 Å². The van der Waals surface area contributed by atoms with Crippen LogP contribution in [0.1, 0.15) is 41.1 Å². The van der Waals surface area contributed by atoms with Gasteiger partial charge in [0.15, 0.2) is 0 Å². The summed E-state index contributed by atoms with van der Waals surface area (Å²) in [6.07, 6.45) is 4.19. The largest absolute Gasteiger partial charge is 0.392 e. The van der Waals surface area contributed by atoms with E-state index in [1.165, 1.54) is 11.1 Å². The summed E-state index contributed by atoms with van der Waals surface area (Å²) >= 11 is 3.51. The van der Waals surface area contributed by atoms with Gasteiger partial charge in [-0.1, -0.05) is 24.3 Å². The third-order valence-corrected chi connectivity index (χ3v) is 5.57. The molecule has 0 spiro atoms. The Morgan fingerprint density at radius 1 is 1.26 bits per heavy atom. The van der Waals surface area contributed by atoms with Crippen molar-refractivity contribution in [2.24, 2.45) is 0 Å². The molecule has 0 amide bonds. The fraction of sp³-hybridized carbons (Fsp3) is 0.421. The number of benzene rings is 1. The van der Waals surface area contributed by atoms with E-state index in [0.717, 1.165) is 48.2 Å². The average Bonchev–Trinajstić information content (AvgIpc) is 2.59. The molecule has 3 nitrogen and oxygen atoms in total. The number of rotatable bonds is 4. The monoisotopic (exact) mass is 374 g/mol. The number of hydrogen-bond donors (Lipinski definition) is 1. The van der Waals surface area contributed by atoms with Crippen LogP contribution in [0.5, 0.6) is 0 Å². The van der Waals surface area contributed by atoms with Crippen molar-refractivity contribution >= 4 is 15.9 Å². The number of aliphatic hydroxyl groups excluding tert-OH is 1. The quantitative estimate of drug-likeness (QED) is 0.877. The highest BCUT2D eigenvalue weighted by molar-refractivity contribution is 9.10. The molecule has 2 aromatic rings. The lowest BCUT2D eigenvalue weighted by molar-refractivity contribution is 0.201. The average molecular weight is 375 g/mol. The van der Waals surface area contributed by atoms with Gasteiger partial charge < -0.3 is 5.11 Å². The van der Waals surface area contributed by atoms with Gasteiger partial charge in [0.25, 0.3) is 0 Å². The number of hydrogen-bond acceptors (Lipinski definition) is 3. The first-order valence-corrected chi connectivity index (χ1v) is 8.98. The van der Waals surface area contributed by atoms with Crippen molar-refractivity contribution < 1.29 is 5.11 Å². The Balaban J connectivity index is 1.61. The second kappa shape index (κ2) is 7.56. The minimum atomic E-state index is 0.137. The van der Waals surface area contributed by atoms with Gasteiger partial charge in [-0.3, -0.25) is 9.88 Å². The van der Waals surface area contributed by atoms with Gasteiger partial charge >= 0.3 is 0 Å². The van der Waals surface area contributed by atoms with Crippen molar-refractivity contribution in [3.63, 3.8) is 0 Å². The zero-order valence-electron chi connectivity index (χ0n) is 13.5. The molecule has 1 fully saturated rings. The topological polar surface area (TPSA) is 36.4 Å². The first-order valence-electron chi connectivity index (χ1n) is 8.19. The normalized spacial score (nSPS) is 16.7. The van der Waals surface area contributed by atoms with E-state index in [2.05, 4.69) is 50.9 Å². The summed E-state index contributed by atoms with van der Waals surface area (Å²) in [5.74, 6) is 0.564. The maximum absolute atomic E-state index is 9.52. The maximum atomic E-state index is 9.52. The Hall–Kier alpha value is -1.23. The van der Waals surface area contributed by atoms with Crippen LogP contribution in [0.3, 0.4) is 0 Å². The lowest BCUT2D eigenvalue weighted by atomic mass is 9.86. The van der Waals surface area contributed by atoms with Crippen LogP contribution < -0.4 is 0 Å². The molecule has 0 unspecified atom stereocenters. The van der Waals surface area contributed by atoms with E-state index < -0.39 is 0 Å². The third kappa shape index (κ3) is 4.00. The number of piperidine rings is 1. The number of pyridine rings is 1. The molecule has 0 aliphatic carbocycles. The molecule has 1 aromatic heterocycles. The van der Waals surface area contributed by atoms with Gasteiger partial charge in [-0.15, -0.1) is 0 Å². The highest BCUT2D eigenvalue weighted by Crippen LogP contribution is 2.31. The van der Waals surface area contributed by atoms with Gasteiger partial charge in [0.2, 0.25) is 0 Å². The van der Waals surface area contributed by atoms with Crippen LogP contribution in [0.25, 0.3) is 0 Å². The van der Waals surface area contributed by atoms with E-state index in [1.807, 2.05) is 18.3 Å². The Morgan fingerprint density at radius 2 is 2.00 bits per heavy atom. The van der Waals surface area contributed by atoms with Gasteiger partial charge in [0.05, 0.1) is 12.3 Å². The van der Waals surface area contributed by atoms with Crippen molar-refractivity contribution in [3.8, 4) is 0 Å². The summed E-state index contributed by atoms with van der Waals surface area (Å²) in [5, 5.41) is 9.52. The lowest BCUT2D eigenvalue weighted by Gasteiger charge is -2.32. The van der Waals surface area contributed by atoms with E-state index in [1.54, 1.807) is 0 Å². The molecular weight excluding hydrogens is 352 g/mol. The molecule has 1 aliphatic heterocycles. The van der Waals surface area contributed by atoms with Crippen LogP contribution in [0.4, 0.5) is 0 Å². The van der Waals surface area contributed by atoms with Gasteiger partial charge in [0.1, 0.15) is 0 Å². The third-order valence-electron chi connectivity index (χ3n) is 4.74. The minimum absolute atomic E-state index is 0.137. The summed E-state index contributed by atoms with van der Waals surface area (Å²) < 4.78 is 1.07. The van der Waals surface area contributed by atoms with Crippen LogP contribution in [0, 0.1) is 6.92 Å². The zero-order valence-corrected chi connectivity index (χ0v) is 15.1.